The van der Waals surface area contributed by atoms with Crippen molar-refractivity contribution in [3.63, 3.8) is 0 Å². The fraction of sp³-hybridized carbons (Fsp3) is 0.500. The molecule has 0 fully saturated rings. The Morgan fingerprint density at radius 2 is 2.35 bits per heavy atom. The van der Waals surface area contributed by atoms with E-state index in [1.807, 2.05) is 6.92 Å². The molecule has 1 heterocycles. The van der Waals surface area contributed by atoms with Crippen LogP contribution >= 0.6 is 15.9 Å². The highest BCUT2D eigenvalue weighted by atomic mass is 79.9. The monoisotopic (exact) mass is 302 g/mol. The number of amides is 1. The first-order valence-electron chi connectivity index (χ1n) is 5.34. The van der Waals surface area contributed by atoms with Crippen LogP contribution in [0.3, 0.4) is 0 Å². The third-order valence-corrected chi connectivity index (χ3v) is 2.97. The highest BCUT2D eigenvalue weighted by Gasteiger charge is 2.07. The van der Waals surface area contributed by atoms with Crippen molar-refractivity contribution in [3.05, 3.63) is 21.0 Å². The molecule has 0 spiro atoms. The maximum absolute atomic E-state index is 11.7. The van der Waals surface area contributed by atoms with E-state index in [1.54, 1.807) is 6.20 Å². The molecule has 3 N–H and O–H groups in total. The van der Waals surface area contributed by atoms with Gasteiger partial charge in [-0.15, -0.1) is 0 Å². The van der Waals surface area contributed by atoms with Gasteiger partial charge < -0.3 is 11.1 Å². The molecule has 1 amide bonds. The number of carbonyl (C=O) groups is 1. The zero-order chi connectivity index (χ0) is 12.8. The summed E-state index contributed by atoms with van der Waals surface area (Å²) in [5.74, 6) is -0.328. The van der Waals surface area contributed by atoms with E-state index < -0.39 is 0 Å². The van der Waals surface area contributed by atoms with Gasteiger partial charge in [0.1, 0.15) is 4.47 Å². The fourth-order valence-electron chi connectivity index (χ4n) is 1.30. The summed E-state index contributed by atoms with van der Waals surface area (Å²) >= 11 is 3.23. The lowest BCUT2D eigenvalue weighted by Crippen LogP contribution is -2.24. The van der Waals surface area contributed by atoms with Crippen LogP contribution in [0.2, 0.25) is 0 Å². The summed E-state index contributed by atoms with van der Waals surface area (Å²) in [4.78, 5) is 22.2. The predicted octanol–water partition coefficient (Wildman–Crippen LogP) is 0.703. The number of nitrogens with zero attached hydrogens (tertiary/aromatic N) is 2. The second kappa shape index (κ2) is 6.39. The Morgan fingerprint density at radius 1 is 1.65 bits per heavy atom. The number of nitrogens with one attached hydrogen (secondary N) is 1. The SMILES string of the molecule is CCn1ncc(NCCCC(N)=O)c(Br)c1=O. The number of anilines is 1. The third-order valence-electron chi connectivity index (χ3n) is 2.20. The quantitative estimate of drug-likeness (QED) is 0.757. The van der Waals surface area contributed by atoms with Crippen LogP contribution < -0.4 is 16.6 Å². The summed E-state index contributed by atoms with van der Waals surface area (Å²) in [6.07, 6.45) is 2.53. The zero-order valence-corrected chi connectivity index (χ0v) is 11.2. The highest BCUT2D eigenvalue weighted by molar-refractivity contribution is 9.10. The fourth-order valence-corrected chi connectivity index (χ4v) is 1.75. The molecule has 0 radical (unpaired) electrons. The number of hydrogen-bond acceptors (Lipinski definition) is 4. The average Bonchev–Trinajstić information content (AvgIpc) is 2.29. The van der Waals surface area contributed by atoms with Gasteiger partial charge in [0.15, 0.2) is 0 Å². The van der Waals surface area contributed by atoms with Gasteiger partial charge in [-0.1, -0.05) is 0 Å². The lowest BCUT2D eigenvalue weighted by atomic mass is 10.3. The minimum absolute atomic E-state index is 0.174. The van der Waals surface area contributed by atoms with E-state index in [4.69, 9.17) is 5.73 Å². The van der Waals surface area contributed by atoms with Gasteiger partial charge in [-0.2, -0.15) is 5.10 Å². The molecule has 0 aliphatic carbocycles. The Morgan fingerprint density at radius 3 is 2.94 bits per heavy atom. The van der Waals surface area contributed by atoms with Crippen molar-refractivity contribution in [1.29, 1.82) is 0 Å². The van der Waals surface area contributed by atoms with Crippen LogP contribution in [0.1, 0.15) is 19.8 Å². The zero-order valence-electron chi connectivity index (χ0n) is 9.57. The van der Waals surface area contributed by atoms with Crippen molar-refractivity contribution in [1.82, 2.24) is 9.78 Å². The van der Waals surface area contributed by atoms with Crippen LogP contribution in [0.25, 0.3) is 0 Å². The molecule has 7 heteroatoms. The van der Waals surface area contributed by atoms with Gasteiger partial charge in [0.05, 0.1) is 11.9 Å². The van der Waals surface area contributed by atoms with Crippen molar-refractivity contribution in [3.8, 4) is 0 Å². The van der Waals surface area contributed by atoms with Crippen LogP contribution in [0, 0.1) is 0 Å². The van der Waals surface area contributed by atoms with E-state index in [2.05, 4.69) is 26.3 Å². The van der Waals surface area contributed by atoms with Crippen molar-refractivity contribution in [2.75, 3.05) is 11.9 Å². The molecule has 1 rings (SSSR count). The van der Waals surface area contributed by atoms with E-state index in [0.717, 1.165) is 0 Å². The van der Waals surface area contributed by atoms with Crippen molar-refractivity contribution < 1.29 is 4.79 Å². The first kappa shape index (κ1) is 13.7. The van der Waals surface area contributed by atoms with E-state index in [0.29, 0.717) is 36.1 Å². The van der Waals surface area contributed by atoms with E-state index >= 15 is 0 Å². The Bertz CT molecular complexity index is 458. The first-order chi connectivity index (χ1) is 8.06. The Kier molecular flexibility index (Phi) is 5.14. The standard InChI is InChI=1S/C10H15BrN4O2/c1-2-15-10(17)9(11)7(6-14-15)13-5-3-4-8(12)16/h6,13H,2-5H2,1H3,(H2,12,16). The highest BCUT2D eigenvalue weighted by Crippen LogP contribution is 2.15. The minimum atomic E-state index is -0.328. The first-order valence-corrected chi connectivity index (χ1v) is 6.13. The summed E-state index contributed by atoms with van der Waals surface area (Å²) in [7, 11) is 0. The molecule has 0 aromatic carbocycles. The molecule has 0 aliphatic rings. The molecule has 0 aliphatic heterocycles. The Labute approximate surface area is 107 Å². The number of rotatable bonds is 6. The van der Waals surface area contributed by atoms with Crippen LogP contribution in [-0.2, 0) is 11.3 Å². The van der Waals surface area contributed by atoms with Crippen LogP contribution in [-0.4, -0.2) is 22.2 Å². The number of aromatic nitrogens is 2. The second-order valence-corrected chi connectivity index (χ2v) is 4.28. The molecule has 0 atom stereocenters. The normalized spacial score (nSPS) is 10.2. The van der Waals surface area contributed by atoms with Gasteiger partial charge in [-0.3, -0.25) is 9.59 Å². The lowest BCUT2D eigenvalue weighted by Gasteiger charge is -2.08. The average molecular weight is 303 g/mol. The molecule has 0 unspecified atom stereocenters. The van der Waals surface area contributed by atoms with Crippen LogP contribution in [0.15, 0.2) is 15.5 Å². The summed E-state index contributed by atoms with van der Waals surface area (Å²) in [5.41, 5.74) is 5.48. The third kappa shape index (κ3) is 3.85. The predicted molar refractivity (Wildman–Crippen MR) is 68.8 cm³/mol. The smallest absolute Gasteiger partial charge is 0.283 e. The number of aryl methyl sites for hydroxylation is 1. The van der Waals surface area contributed by atoms with Crippen LogP contribution in [0.4, 0.5) is 5.69 Å². The van der Waals surface area contributed by atoms with Gasteiger partial charge in [-0.25, -0.2) is 4.68 Å². The second-order valence-electron chi connectivity index (χ2n) is 3.49. The largest absolute Gasteiger partial charge is 0.383 e. The van der Waals surface area contributed by atoms with Gasteiger partial charge in [0, 0.05) is 19.5 Å². The van der Waals surface area contributed by atoms with E-state index in [-0.39, 0.29) is 11.5 Å². The van der Waals surface area contributed by atoms with Gasteiger partial charge >= 0.3 is 0 Å². The molecule has 0 bridgehead atoms. The minimum Gasteiger partial charge on any atom is -0.383 e. The van der Waals surface area contributed by atoms with Crippen LogP contribution in [0.5, 0.6) is 0 Å². The topological polar surface area (TPSA) is 90.0 Å². The molecule has 1 aromatic heterocycles. The maximum Gasteiger partial charge on any atom is 0.283 e. The number of nitrogens with two attached hydrogens (primary N) is 1. The molecule has 6 nitrogen and oxygen atoms in total. The molecule has 1 aromatic rings. The molecular formula is C10H15BrN4O2. The van der Waals surface area contributed by atoms with E-state index in [9.17, 15) is 9.59 Å². The molecular weight excluding hydrogens is 288 g/mol. The number of primary amides is 1. The summed E-state index contributed by atoms with van der Waals surface area (Å²) in [6, 6.07) is 0. The van der Waals surface area contributed by atoms with Gasteiger partial charge in [0.25, 0.3) is 5.56 Å². The van der Waals surface area contributed by atoms with E-state index in [1.165, 1.54) is 4.68 Å². The van der Waals surface area contributed by atoms with Gasteiger partial charge in [-0.05, 0) is 29.3 Å². The lowest BCUT2D eigenvalue weighted by molar-refractivity contribution is -0.118. The molecule has 17 heavy (non-hydrogen) atoms. The molecule has 0 saturated carbocycles. The van der Waals surface area contributed by atoms with Gasteiger partial charge in [0.2, 0.25) is 5.91 Å². The van der Waals surface area contributed by atoms with Crippen molar-refractivity contribution in [2.24, 2.45) is 5.73 Å². The molecule has 0 saturated heterocycles. The number of halogens is 1. The molecule has 94 valence electrons. The number of carbonyl (C=O) groups excluding carboxylic acids is 1. The maximum atomic E-state index is 11.7. The Hall–Kier alpha value is -1.37. The van der Waals surface area contributed by atoms with Crippen molar-refractivity contribution in [2.45, 2.75) is 26.3 Å². The summed E-state index contributed by atoms with van der Waals surface area (Å²) in [5, 5.41) is 7.02. The number of hydrogen-bond donors (Lipinski definition) is 2. The summed E-state index contributed by atoms with van der Waals surface area (Å²) < 4.78 is 1.81. The summed E-state index contributed by atoms with van der Waals surface area (Å²) in [6.45, 7) is 2.94. The Balaban J connectivity index is 2.63. The van der Waals surface area contributed by atoms with Crippen molar-refractivity contribution >= 4 is 27.5 Å².